The van der Waals surface area contributed by atoms with Crippen molar-refractivity contribution in [3.05, 3.63) is 30.3 Å². The first-order chi connectivity index (χ1) is 17.5. The number of hydrogen-bond donors (Lipinski definition) is 3. The van der Waals surface area contributed by atoms with Gasteiger partial charge in [0.1, 0.15) is 11.6 Å². The number of unbranched alkanes of at least 4 members (excludes halogenated alkanes) is 3. The standard InChI is InChI=1S/C28H39N3O5/c32-18-10-2-1-9-17-31-24(26(34)30-20-13-7-4-8-14-20)28-16-15-21(36-28)22(23(28)27(31)35)25(33)29-19-11-5-3-6-12-19/h3,5-6,11-12,20-24,32H,1-2,4,7-10,13-18H2,(H,29,33)(H,30,34)/t21-,22+,23+,24?,28?/m1/s1. The van der Waals surface area contributed by atoms with Crippen molar-refractivity contribution < 1.29 is 24.2 Å². The van der Waals surface area contributed by atoms with Crippen LogP contribution in [0, 0.1) is 11.8 Å². The van der Waals surface area contributed by atoms with Crippen molar-refractivity contribution in [2.75, 3.05) is 18.5 Å². The van der Waals surface area contributed by atoms with Crippen LogP contribution in [0.15, 0.2) is 30.3 Å². The summed E-state index contributed by atoms with van der Waals surface area (Å²) in [6.45, 7) is 0.625. The number of benzene rings is 1. The van der Waals surface area contributed by atoms with Gasteiger partial charge in [0.05, 0.1) is 17.9 Å². The van der Waals surface area contributed by atoms with Crippen LogP contribution in [-0.4, -0.2) is 64.7 Å². The van der Waals surface area contributed by atoms with Crippen molar-refractivity contribution in [2.45, 2.75) is 94.4 Å². The fourth-order valence-electron chi connectivity index (χ4n) is 7.02. The van der Waals surface area contributed by atoms with Crippen molar-refractivity contribution in [1.29, 1.82) is 0 Å². The van der Waals surface area contributed by atoms with Crippen LogP contribution in [-0.2, 0) is 19.1 Å². The van der Waals surface area contributed by atoms with Crippen molar-refractivity contribution in [1.82, 2.24) is 10.2 Å². The number of para-hydroxylation sites is 1. The van der Waals surface area contributed by atoms with Crippen LogP contribution in [0.4, 0.5) is 5.69 Å². The highest BCUT2D eigenvalue weighted by Crippen LogP contribution is 2.58. The molecular weight excluding hydrogens is 458 g/mol. The highest BCUT2D eigenvalue weighted by atomic mass is 16.5. The lowest BCUT2D eigenvalue weighted by atomic mass is 9.70. The molecule has 1 saturated carbocycles. The van der Waals surface area contributed by atoms with Crippen LogP contribution in [0.25, 0.3) is 0 Å². The smallest absolute Gasteiger partial charge is 0.246 e. The Morgan fingerprint density at radius 3 is 2.50 bits per heavy atom. The minimum absolute atomic E-state index is 0.127. The van der Waals surface area contributed by atoms with Crippen LogP contribution in [0.2, 0.25) is 0 Å². The number of carbonyl (C=O) groups excluding carboxylic acids is 3. The van der Waals surface area contributed by atoms with Gasteiger partial charge in [-0.1, -0.05) is 50.3 Å². The summed E-state index contributed by atoms with van der Waals surface area (Å²) in [4.78, 5) is 42.8. The number of aliphatic hydroxyl groups excluding tert-OH is 1. The van der Waals surface area contributed by atoms with E-state index in [-0.39, 0.29) is 36.5 Å². The summed E-state index contributed by atoms with van der Waals surface area (Å²) in [5.74, 6) is -1.70. The Hall–Kier alpha value is -2.45. The van der Waals surface area contributed by atoms with Gasteiger partial charge in [-0.15, -0.1) is 0 Å². The molecule has 0 aromatic heterocycles. The van der Waals surface area contributed by atoms with E-state index in [9.17, 15) is 14.4 Å². The van der Waals surface area contributed by atoms with Gasteiger partial charge in [0.2, 0.25) is 17.7 Å². The van der Waals surface area contributed by atoms with E-state index in [1.807, 2.05) is 30.3 Å². The van der Waals surface area contributed by atoms with Crippen molar-refractivity contribution >= 4 is 23.4 Å². The quantitative estimate of drug-likeness (QED) is 0.431. The maximum Gasteiger partial charge on any atom is 0.246 e. The Bertz CT molecular complexity index is 950. The maximum absolute atomic E-state index is 13.9. The molecule has 3 saturated heterocycles. The first-order valence-electron chi connectivity index (χ1n) is 13.8. The maximum atomic E-state index is 13.9. The van der Waals surface area contributed by atoms with Crippen LogP contribution in [0.3, 0.4) is 0 Å². The second-order valence-corrected chi connectivity index (χ2v) is 10.9. The molecule has 2 bridgehead atoms. The Morgan fingerprint density at radius 2 is 1.75 bits per heavy atom. The van der Waals surface area contributed by atoms with Crippen LogP contribution < -0.4 is 10.6 Å². The van der Waals surface area contributed by atoms with Gasteiger partial charge >= 0.3 is 0 Å². The Morgan fingerprint density at radius 1 is 1.00 bits per heavy atom. The average molecular weight is 498 g/mol. The molecule has 8 nitrogen and oxygen atoms in total. The second kappa shape index (κ2) is 10.9. The third-order valence-corrected chi connectivity index (χ3v) is 8.65. The lowest BCUT2D eigenvalue weighted by Crippen LogP contribution is -2.57. The molecule has 5 atom stereocenters. The molecule has 1 aromatic rings. The zero-order valence-electron chi connectivity index (χ0n) is 21.0. The monoisotopic (exact) mass is 497 g/mol. The second-order valence-electron chi connectivity index (χ2n) is 10.9. The van der Waals surface area contributed by atoms with Gasteiger partial charge in [0.25, 0.3) is 0 Å². The fourth-order valence-corrected chi connectivity index (χ4v) is 7.02. The average Bonchev–Trinajstić information content (AvgIpc) is 3.52. The summed E-state index contributed by atoms with van der Waals surface area (Å²) in [7, 11) is 0. The molecule has 3 aliphatic heterocycles. The first-order valence-corrected chi connectivity index (χ1v) is 13.8. The van der Waals surface area contributed by atoms with Crippen LogP contribution >= 0.6 is 0 Å². The molecule has 4 fully saturated rings. The van der Waals surface area contributed by atoms with E-state index in [4.69, 9.17) is 9.84 Å². The van der Waals surface area contributed by atoms with Crippen LogP contribution in [0.1, 0.15) is 70.6 Å². The third kappa shape index (κ3) is 4.65. The van der Waals surface area contributed by atoms with E-state index in [1.165, 1.54) is 6.42 Å². The molecule has 0 radical (unpaired) electrons. The summed E-state index contributed by atoms with van der Waals surface area (Å²) < 4.78 is 6.51. The highest BCUT2D eigenvalue weighted by molar-refractivity contribution is 6.02. The Labute approximate surface area is 213 Å². The zero-order valence-corrected chi connectivity index (χ0v) is 21.0. The molecule has 1 aromatic carbocycles. The van der Waals surface area contributed by atoms with Gasteiger partial charge in [-0.2, -0.15) is 0 Å². The first kappa shape index (κ1) is 25.2. The number of hydrogen-bond acceptors (Lipinski definition) is 5. The summed E-state index contributed by atoms with van der Waals surface area (Å²) in [6, 6.07) is 8.71. The van der Waals surface area contributed by atoms with E-state index in [1.54, 1.807) is 4.90 Å². The minimum Gasteiger partial charge on any atom is -0.396 e. The normalized spacial score (nSPS) is 31.5. The fraction of sp³-hybridized carbons (Fsp3) is 0.679. The Kier molecular flexibility index (Phi) is 7.62. The minimum atomic E-state index is -0.940. The predicted octanol–water partition coefficient (Wildman–Crippen LogP) is 3.00. The van der Waals surface area contributed by atoms with E-state index in [0.717, 1.165) is 51.4 Å². The number of nitrogens with one attached hydrogen (secondary N) is 2. The topological polar surface area (TPSA) is 108 Å². The number of fused-ring (bicyclic) bond motifs is 1. The number of nitrogens with zero attached hydrogens (tertiary/aromatic N) is 1. The molecule has 1 spiro atoms. The zero-order chi connectivity index (χ0) is 25.1. The third-order valence-electron chi connectivity index (χ3n) is 8.65. The highest BCUT2D eigenvalue weighted by Gasteiger charge is 2.74. The van der Waals surface area contributed by atoms with Gasteiger partial charge in [-0.3, -0.25) is 14.4 Å². The molecule has 1 aliphatic carbocycles. The lowest BCUT2D eigenvalue weighted by Gasteiger charge is -2.35. The number of likely N-dealkylation sites (tertiary alicyclic amines) is 1. The molecule has 3 N–H and O–H groups in total. The Balaban J connectivity index is 1.38. The van der Waals surface area contributed by atoms with Crippen LogP contribution in [0.5, 0.6) is 0 Å². The summed E-state index contributed by atoms with van der Waals surface area (Å²) in [6.07, 6.45) is 9.54. The summed E-state index contributed by atoms with van der Waals surface area (Å²) in [5.41, 5.74) is -0.248. The van der Waals surface area contributed by atoms with Gasteiger partial charge < -0.3 is 25.4 Å². The van der Waals surface area contributed by atoms with Gasteiger partial charge in [0.15, 0.2) is 0 Å². The van der Waals surface area contributed by atoms with Crippen molar-refractivity contribution in [2.24, 2.45) is 11.8 Å². The largest absolute Gasteiger partial charge is 0.396 e. The predicted molar refractivity (Wildman–Crippen MR) is 135 cm³/mol. The molecule has 36 heavy (non-hydrogen) atoms. The number of anilines is 1. The molecule has 2 unspecified atom stereocenters. The number of amides is 3. The molecule has 8 heteroatoms. The van der Waals surface area contributed by atoms with Gasteiger partial charge in [-0.25, -0.2) is 0 Å². The molecule has 4 aliphatic rings. The van der Waals surface area contributed by atoms with Gasteiger partial charge in [-0.05, 0) is 50.7 Å². The lowest BCUT2D eigenvalue weighted by molar-refractivity contribution is -0.142. The number of ether oxygens (including phenoxy) is 1. The molecule has 3 heterocycles. The molecular formula is C28H39N3O5. The molecule has 196 valence electrons. The van der Waals surface area contributed by atoms with E-state index in [2.05, 4.69) is 10.6 Å². The van der Waals surface area contributed by atoms with E-state index >= 15 is 0 Å². The van der Waals surface area contributed by atoms with Gasteiger partial charge in [0, 0.05) is 24.9 Å². The SMILES string of the molecule is O=C(NC1CCCCC1)C1N(CCCCCCO)C(=O)[C@@H]2[C@@H](C(=O)Nc3ccccc3)[C@H]3CCC12O3. The molecule has 5 rings (SSSR count). The van der Waals surface area contributed by atoms with E-state index in [0.29, 0.717) is 25.1 Å². The number of carbonyl (C=O) groups is 3. The van der Waals surface area contributed by atoms with Crippen molar-refractivity contribution in [3.63, 3.8) is 0 Å². The summed E-state index contributed by atoms with van der Waals surface area (Å²) >= 11 is 0. The summed E-state index contributed by atoms with van der Waals surface area (Å²) in [5, 5.41) is 15.3. The van der Waals surface area contributed by atoms with Crippen molar-refractivity contribution in [3.8, 4) is 0 Å². The number of rotatable bonds is 10. The molecule has 3 amide bonds. The number of aliphatic hydroxyl groups is 1. The van der Waals surface area contributed by atoms with E-state index < -0.39 is 23.5 Å².